The third-order valence-electron chi connectivity index (χ3n) is 3.56. The number of rotatable bonds is 4. The van der Waals surface area contributed by atoms with Gasteiger partial charge in [-0.25, -0.2) is 4.98 Å². The number of hydrogen-bond acceptors (Lipinski definition) is 4. The van der Waals surface area contributed by atoms with E-state index < -0.39 is 0 Å². The van der Waals surface area contributed by atoms with E-state index in [9.17, 15) is 4.79 Å². The zero-order chi connectivity index (χ0) is 13.9. The first-order valence-corrected chi connectivity index (χ1v) is 7.70. The van der Waals surface area contributed by atoms with Crippen molar-refractivity contribution < 1.29 is 4.79 Å². The second-order valence-corrected chi connectivity index (χ2v) is 5.82. The second-order valence-electron chi connectivity index (χ2n) is 4.90. The van der Waals surface area contributed by atoms with E-state index in [0.29, 0.717) is 0 Å². The van der Waals surface area contributed by atoms with Crippen molar-refractivity contribution >= 4 is 22.9 Å². The van der Waals surface area contributed by atoms with Crippen molar-refractivity contribution in [3.63, 3.8) is 0 Å². The minimum atomic E-state index is -0.179. The van der Waals surface area contributed by atoms with E-state index in [-0.39, 0.29) is 18.0 Å². The predicted molar refractivity (Wildman–Crippen MR) is 80.8 cm³/mol. The zero-order valence-corrected chi connectivity index (χ0v) is 12.1. The minimum absolute atomic E-state index is 0.00742. The van der Waals surface area contributed by atoms with E-state index in [1.807, 2.05) is 23.6 Å². The molecule has 0 spiro atoms. The molecule has 4 nitrogen and oxygen atoms in total. The highest BCUT2D eigenvalue weighted by atomic mass is 32.1. The van der Waals surface area contributed by atoms with Crippen molar-refractivity contribution in [2.75, 3.05) is 5.32 Å². The van der Waals surface area contributed by atoms with E-state index in [1.165, 1.54) is 5.56 Å². The number of carbonyl (C=O) groups excluding carboxylic acids is 1. The first-order valence-electron chi connectivity index (χ1n) is 6.82. The second kappa shape index (κ2) is 5.63. The third-order valence-corrected chi connectivity index (χ3v) is 4.45. The van der Waals surface area contributed by atoms with Gasteiger partial charge in [-0.15, -0.1) is 11.3 Å². The molecule has 1 amide bonds. The van der Waals surface area contributed by atoms with Crippen LogP contribution in [0.1, 0.15) is 30.0 Å². The summed E-state index contributed by atoms with van der Waals surface area (Å²) in [7, 11) is 0. The van der Waals surface area contributed by atoms with Gasteiger partial charge in [-0.3, -0.25) is 4.79 Å². The number of anilines is 1. The molecule has 1 aliphatic rings. The highest BCUT2D eigenvalue weighted by molar-refractivity contribution is 7.09. The van der Waals surface area contributed by atoms with Crippen LogP contribution < -0.4 is 10.6 Å². The first kappa shape index (κ1) is 13.1. The van der Waals surface area contributed by atoms with Gasteiger partial charge in [0.05, 0.1) is 6.04 Å². The van der Waals surface area contributed by atoms with Crippen LogP contribution in [0.25, 0.3) is 0 Å². The fraction of sp³-hybridized carbons (Fsp3) is 0.333. The molecule has 5 heteroatoms. The maximum absolute atomic E-state index is 12.4. The molecule has 0 radical (unpaired) electrons. The molecule has 3 rings (SSSR count). The Bertz CT molecular complexity index is 572. The summed E-state index contributed by atoms with van der Waals surface area (Å²) in [5.74, 6) is 0.0447. The largest absolute Gasteiger partial charge is 0.373 e. The zero-order valence-electron chi connectivity index (χ0n) is 11.3. The SMILES string of the molecule is CCC(NC(=O)[C@@H]1Cc2ccccc2N1)c1nccs1. The Morgan fingerprint density at radius 1 is 1.55 bits per heavy atom. The molecule has 2 atom stereocenters. The molecule has 0 saturated carbocycles. The van der Waals surface area contributed by atoms with Crippen LogP contribution in [0.4, 0.5) is 5.69 Å². The molecule has 0 aliphatic carbocycles. The van der Waals surface area contributed by atoms with Crippen molar-refractivity contribution in [2.24, 2.45) is 0 Å². The maximum Gasteiger partial charge on any atom is 0.243 e. The molecule has 0 fully saturated rings. The normalized spacial score (nSPS) is 18.1. The third kappa shape index (κ3) is 2.54. The summed E-state index contributed by atoms with van der Waals surface area (Å²) in [6.07, 6.45) is 3.37. The molecule has 1 unspecified atom stereocenters. The predicted octanol–water partition coefficient (Wildman–Crippen LogP) is 2.75. The van der Waals surface area contributed by atoms with Crippen LogP contribution >= 0.6 is 11.3 Å². The van der Waals surface area contributed by atoms with Gasteiger partial charge in [0.1, 0.15) is 11.0 Å². The van der Waals surface area contributed by atoms with Crippen molar-refractivity contribution in [1.29, 1.82) is 0 Å². The lowest BCUT2D eigenvalue weighted by Crippen LogP contribution is -2.40. The van der Waals surface area contributed by atoms with Gasteiger partial charge in [-0.1, -0.05) is 25.1 Å². The Morgan fingerprint density at radius 2 is 2.40 bits per heavy atom. The quantitative estimate of drug-likeness (QED) is 0.909. The van der Waals surface area contributed by atoms with Gasteiger partial charge in [0.25, 0.3) is 0 Å². The lowest BCUT2D eigenvalue weighted by Gasteiger charge is -2.18. The standard InChI is InChI=1S/C15H17N3OS/c1-2-11(15-16-7-8-20-15)18-14(19)13-9-10-5-3-4-6-12(10)17-13/h3-8,11,13,17H,2,9H2,1H3,(H,18,19)/t11?,13-/m0/s1. The molecule has 1 aromatic carbocycles. The van der Waals surface area contributed by atoms with E-state index in [1.54, 1.807) is 17.5 Å². The first-order chi connectivity index (χ1) is 9.78. The Labute approximate surface area is 122 Å². The summed E-state index contributed by atoms with van der Waals surface area (Å²) in [6.45, 7) is 2.06. The van der Waals surface area contributed by atoms with Gasteiger partial charge in [0.15, 0.2) is 0 Å². The van der Waals surface area contributed by atoms with E-state index >= 15 is 0 Å². The van der Waals surface area contributed by atoms with Crippen molar-refractivity contribution in [2.45, 2.75) is 31.8 Å². The van der Waals surface area contributed by atoms with Crippen molar-refractivity contribution in [1.82, 2.24) is 10.3 Å². The molecule has 1 aromatic heterocycles. The lowest BCUT2D eigenvalue weighted by molar-refractivity contribution is -0.122. The van der Waals surface area contributed by atoms with E-state index in [4.69, 9.17) is 0 Å². The molecule has 2 aromatic rings. The van der Waals surface area contributed by atoms with Crippen molar-refractivity contribution in [3.05, 3.63) is 46.4 Å². The maximum atomic E-state index is 12.4. The average molecular weight is 287 g/mol. The molecule has 1 aliphatic heterocycles. The van der Waals surface area contributed by atoms with Crippen LogP contribution in [0.5, 0.6) is 0 Å². The summed E-state index contributed by atoms with van der Waals surface area (Å²) in [4.78, 5) is 16.7. The number of thiazole rings is 1. The highest BCUT2D eigenvalue weighted by Gasteiger charge is 2.28. The van der Waals surface area contributed by atoms with Gasteiger partial charge < -0.3 is 10.6 Å². The fourth-order valence-corrected chi connectivity index (χ4v) is 3.25. The van der Waals surface area contributed by atoms with Gasteiger partial charge in [0, 0.05) is 23.7 Å². The summed E-state index contributed by atoms with van der Waals surface area (Å²) in [5.41, 5.74) is 2.27. The number of nitrogens with zero attached hydrogens (tertiary/aromatic N) is 1. The molecule has 2 heterocycles. The molecular formula is C15H17N3OS. The smallest absolute Gasteiger partial charge is 0.243 e. The van der Waals surface area contributed by atoms with E-state index in [0.717, 1.165) is 23.5 Å². The molecule has 20 heavy (non-hydrogen) atoms. The molecular weight excluding hydrogens is 270 g/mol. The molecule has 0 saturated heterocycles. The van der Waals surface area contributed by atoms with Crippen LogP contribution in [0.3, 0.4) is 0 Å². The van der Waals surface area contributed by atoms with Crippen LogP contribution in [-0.2, 0) is 11.2 Å². The van der Waals surface area contributed by atoms with Crippen molar-refractivity contribution in [3.8, 4) is 0 Å². The number of amides is 1. The Kier molecular flexibility index (Phi) is 3.69. The van der Waals surface area contributed by atoms with Gasteiger partial charge >= 0.3 is 0 Å². The lowest BCUT2D eigenvalue weighted by atomic mass is 10.1. The van der Waals surface area contributed by atoms with Crippen LogP contribution in [0.2, 0.25) is 0 Å². The van der Waals surface area contributed by atoms with Crippen LogP contribution in [-0.4, -0.2) is 16.9 Å². The topological polar surface area (TPSA) is 54.0 Å². The summed E-state index contributed by atoms with van der Waals surface area (Å²) in [6, 6.07) is 7.89. The number of nitrogens with one attached hydrogen (secondary N) is 2. The number of hydrogen-bond donors (Lipinski definition) is 2. The fourth-order valence-electron chi connectivity index (χ4n) is 2.47. The highest BCUT2D eigenvalue weighted by Crippen LogP contribution is 2.26. The number of para-hydroxylation sites is 1. The van der Waals surface area contributed by atoms with Gasteiger partial charge in [-0.05, 0) is 18.1 Å². The number of fused-ring (bicyclic) bond motifs is 1. The summed E-state index contributed by atoms with van der Waals surface area (Å²) in [5, 5.41) is 9.28. The molecule has 104 valence electrons. The molecule has 0 bridgehead atoms. The Morgan fingerprint density at radius 3 is 3.10 bits per heavy atom. The Balaban J connectivity index is 1.66. The molecule has 2 N–H and O–H groups in total. The van der Waals surface area contributed by atoms with Crippen LogP contribution in [0, 0.1) is 0 Å². The summed E-state index contributed by atoms with van der Waals surface area (Å²) < 4.78 is 0. The van der Waals surface area contributed by atoms with Gasteiger partial charge in [0.2, 0.25) is 5.91 Å². The number of benzene rings is 1. The Hall–Kier alpha value is -1.88. The van der Waals surface area contributed by atoms with Gasteiger partial charge in [-0.2, -0.15) is 0 Å². The summed E-state index contributed by atoms with van der Waals surface area (Å²) >= 11 is 1.58. The number of aromatic nitrogens is 1. The minimum Gasteiger partial charge on any atom is -0.373 e. The average Bonchev–Trinajstić information content (AvgIpc) is 3.13. The van der Waals surface area contributed by atoms with Crippen LogP contribution in [0.15, 0.2) is 35.8 Å². The monoisotopic (exact) mass is 287 g/mol. The van der Waals surface area contributed by atoms with E-state index in [2.05, 4.69) is 28.6 Å². The number of carbonyl (C=O) groups is 1.